The molecule has 0 radical (unpaired) electrons. The van der Waals surface area contributed by atoms with E-state index in [0.717, 1.165) is 22.0 Å². The molecule has 0 N–H and O–H groups in total. The molecule has 0 saturated carbocycles. The minimum atomic E-state index is -3.34. The number of aromatic nitrogens is 2. The molecule has 2 aromatic heterocycles. The molecule has 9 heteroatoms. The molecule has 0 fully saturated rings. The van der Waals surface area contributed by atoms with Crippen molar-refractivity contribution in [2.75, 3.05) is 6.26 Å². The highest BCUT2D eigenvalue weighted by molar-refractivity contribution is 7.90. The maximum absolute atomic E-state index is 12.7. The van der Waals surface area contributed by atoms with Crippen LogP contribution in [0.3, 0.4) is 0 Å². The minimum Gasteiger partial charge on any atom is -0.305 e. The van der Waals surface area contributed by atoms with Crippen molar-refractivity contribution in [2.24, 2.45) is 4.99 Å². The third kappa shape index (κ3) is 3.38. The fraction of sp³-hybridized carbons (Fsp3) is 0.105. The molecule has 0 saturated heterocycles. The topological polar surface area (TPSA) is 81.4 Å². The van der Waals surface area contributed by atoms with Crippen molar-refractivity contribution in [1.29, 1.82) is 0 Å². The largest absolute Gasteiger partial charge is 0.308 e. The summed E-state index contributed by atoms with van der Waals surface area (Å²) in [5.41, 5.74) is 1.47. The van der Waals surface area contributed by atoms with Crippen LogP contribution in [0.4, 0.5) is 0 Å². The summed E-state index contributed by atoms with van der Waals surface area (Å²) in [6, 6.07) is 12.3. The molecule has 0 atom stereocenters. The van der Waals surface area contributed by atoms with Crippen molar-refractivity contribution in [3.05, 3.63) is 52.3 Å². The van der Waals surface area contributed by atoms with Gasteiger partial charge in [0, 0.05) is 6.26 Å². The predicted octanol–water partition coefficient (Wildman–Crippen LogP) is 3.09. The Labute approximate surface area is 168 Å². The Balaban J connectivity index is 1.87. The highest BCUT2D eigenvalue weighted by Gasteiger charge is 2.15. The van der Waals surface area contributed by atoms with Gasteiger partial charge in [-0.05, 0) is 30.3 Å². The minimum absolute atomic E-state index is 0.207. The number of carbonyl (C=O) groups is 1. The van der Waals surface area contributed by atoms with E-state index in [1.165, 1.54) is 28.7 Å². The van der Waals surface area contributed by atoms with Crippen LogP contribution in [-0.4, -0.2) is 30.1 Å². The first kappa shape index (κ1) is 18.6. The Morgan fingerprint density at radius 1 is 1.21 bits per heavy atom. The Morgan fingerprint density at radius 3 is 2.71 bits per heavy atom. The normalized spacial score (nSPS) is 12.5. The number of hydrogen-bond acceptors (Lipinski definition) is 6. The van der Waals surface area contributed by atoms with Crippen molar-refractivity contribution in [1.82, 2.24) is 9.55 Å². The molecule has 140 valence electrons. The summed E-state index contributed by atoms with van der Waals surface area (Å²) in [5, 5.41) is 0.294. The molecule has 0 aliphatic rings. The molecular weight excluding hydrogens is 414 g/mol. The van der Waals surface area contributed by atoms with Crippen molar-refractivity contribution >= 4 is 58.9 Å². The molecule has 6 nitrogen and oxygen atoms in total. The third-order valence-corrected chi connectivity index (χ3v) is 7.18. The summed E-state index contributed by atoms with van der Waals surface area (Å²) in [6.07, 6.45) is 6.62. The van der Waals surface area contributed by atoms with Crippen molar-refractivity contribution < 1.29 is 13.2 Å². The molecule has 1 amide bonds. The third-order valence-electron chi connectivity index (χ3n) is 4.01. The van der Waals surface area contributed by atoms with E-state index in [9.17, 15) is 13.2 Å². The Kier molecular flexibility index (Phi) is 4.63. The van der Waals surface area contributed by atoms with Gasteiger partial charge in [0.2, 0.25) is 0 Å². The van der Waals surface area contributed by atoms with Gasteiger partial charge in [-0.3, -0.25) is 4.79 Å². The number of benzene rings is 2. The molecular formula is C19H13N3O3S3. The van der Waals surface area contributed by atoms with Gasteiger partial charge >= 0.3 is 5.91 Å². The molecule has 4 aromatic rings. The van der Waals surface area contributed by atoms with Crippen LogP contribution in [0.2, 0.25) is 0 Å². The van der Waals surface area contributed by atoms with Crippen LogP contribution in [0.15, 0.2) is 52.4 Å². The predicted molar refractivity (Wildman–Crippen MR) is 111 cm³/mol. The second kappa shape index (κ2) is 6.98. The van der Waals surface area contributed by atoms with E-state index in [1.807, 2.05) is 24.3 Å². The zero-order chi connectivity index (χ0) is 19.9. The number of para-hydroxylation sites is 1. The van der Waals surface area contributed by atoms with Gasteiger partial charge in [-0.1, -0.05) is 29.4 Å². The van der Waals surface area contributed by atoms with Gasteiger partial charge in [0.25, 0.3) is 0 Å². The van der Waals surface area contributed by atoms with Crippen LogP contribution in [-0.2, 0) is 16.4 Å². The van der Waals surface area contributed by atoms with Crippen LogP contribution in [0.1, 0.15) is 9.80 Å². The average Bonchev–Trinajstić information content (AvgIpc) is 3.23. The van der Waals surface area contributed by atoms with E-state index >= 15 is 0 Å². The standard InChI is InChI=1S/C19H13N3O3S3/c1-3-10-22-14-9-8-12(28(2,24)25)11-16(14)27-19(22)21-17(23)18-20-13-6-4-5-7-15(13)26-18/h1,4-9,11H,10H2,2H3. The fourth-order valence-electron chi connectivity index (χ4n) is 2.71. The van der Waals surface area contributed by atoms with Crippen LogP contribution in [0.25, 0.3) is 20.4 Å². The number of nitrogens with zero attached hydrogens (tertiary/aromatic N) is 3. The number of fused-ring (bicyclic) bond motifs is 2. The zero-order valence-electron chi connectivity index (χ0n) is 14.6. The summed E-state index contributed by atoms with van der Waals surface area (Å²) in [6.45, 7) is 0.212. The maximum Gasteiger partial charge on any atom is 0.308 e. The van der Waals surface area contributed by atoms with Crippen LogP contribution >= 0.6 is 22.7 Å². The lowest BCUT2D eigenvalue weighted by atomic mass is 10.3. The monoisotopic (exact) mass is 427 g/mol. The molecule has 0 aliphatic heterocycles. The van der Waals surface area contributed by atoms with Gasteiger partial charge in [-0.25, -0.2) is 13.4 Å². The highest BCUT2D eigenvalue weighted by Crippen LogP contribution is 2.24. The second-order valence-electron chi connectivity index (χ2n) is 5.98. The number of hydrogen-bond donors (Lipinski definition) is 0. The van der Waals surface area contributed by atoms with E-state index < -0.39 is 15.7 Å². The van der Waals surface area contributed by atoms with Gasteiger partial charge in [-0.2, -0.15) is 4.99 Å². The molecule has 0 spiro atoms. The summed E-state index contributed by atoms with van der Waals surface area (Å²) in [4.78, 5) is 21.8. The van der Waals surface area contributed by atoms with E-state index in [1.54, 1.807) is 16.7 Å². The lowest BCUT2D eigenvalue weighted by Crippen LogP contribution is -2.16. The number of amides is 1. The molecule has 0 unspecified atom stereocenters. The fourth-order valence-corrected chi connectivity index (χ4v) is 5.35. The number of terminal acetylenes is 1. The Morgan fingerprint density at radius 2 is 2.00 bits per heavy atom. The quantitative estimate of drug-likeness (QED) is 0.471. The molecule has 0 aliphatic carbocycles. The number of rotatable bonds is 3. The van der Waals surface area contributed by atoms with Crippen LogP contribution in [0, 0.1) is 12.3 Å². The highest BCUT2D eigenvalue weighted by atomic mass is 32.2. The molecule has 2 aromatic carbocycles. The smallest absolute Gasteiger partial charge is 0.305 e. The molecule has 4 rings (SSSR count). The Bertz CT molecular complexity index is 1420. The zero-order valence-corrected chi connectivity index (χ0v) is 17.1. The first-order valence-electron chi connectivity index (χ1n) is 8.08. The number of thiazole rings is 2. The molecule has 2 heterocycles. The van der Waals surface area contributed by atoms with E-state index in [-0.39, 0.29) is 11.4 Å². The van der Waals surface area contributed by atoms with E-state index in [0.29, 0.717) is 14.5 Å². The Hall–Kier alpha value is -2.80. The average molecular weight is 428 g/mol. The second-order valence-corrected chi connectivity index (χ2v) is 10.0. The first-order chi connectivity index (χ1) is 13.4. The summed E-state index contributed by atoms with van der Waals surface area (Å²) < 4.78 is 27.0. The summed E-state index contributed by atoms with van der Waals surface area (Å²) in [7, 11) is -3.34. The van der Waals surface area contributed by atoms with Gasteiger partial charge in [0.1, 0.15) is 0 Å². The van der Waals surface area contributed by atoms with Crippen molar-refractivity contribution in [2.45, 2.75) is 11.4 Å². The van der Waals surface area contributed by atoms with Gasteiger partial charge in [0.15, 0.2) is 19.6 Å². The lowest BCUT2D eigenvalue weighted by molar-refractivity contribution is 0.0997. The van der Waals surface area contributed by atoms with Gasteiger partial charge in [0.05, 0.1) is 31.9 Å². The first-order valence-corrected chi connectivity index (χ1v) is 11.6. The van der Waals surface area contributed by atoms with E-state index in [2.05, 4.69) is 15.9 Å². The lowest BCUT2D eigenvalue weighted by Gasteiger charge is -2.01. The molecule has 0 bridgehead atoms. The number of sulfone groups is 1. The van der Waals surface area contributed by atoms with Crippen LogP contribution in [0.5, 0.6) is 0 Å². The number of carbonyl (C=O) groups excluding carboxylic acids is 1. The van der Waals surface area contributed by atoms with Gasteiger partial charge < -0.3 is 4.57 Å². The van der Waals surface area contributed by atoms with Crippen molar-refractivity contribution in [3.63, 3.8) is 0 Å². The summed E-state index contributed by atoms with van der Waals surface area (Å²) >= 11 is 2.49. The molecule has 28 heavy (non-hydrogen) atoms. The summed E-state index contributed by atoms with van der Waals surface area (Å²) in [5.74, 6) is 2.09. The van der Waals surface area contributed by atoms with Crippen molar-refractivity contribution in [3.8, 4) is 12.3 Å². The van der Waals surface area contributed by atoms with E-state index in [4.69, 9.17) is 6.42 Å². The van der Waals surface area contributed by atoms with Crippen LogP contribution < -0.4 is 4.80 Å². The van der Waals surface area contributed by atoms with Gasteiger partial charge in [-0.15, -0.1) is 17.8 Å². The SMILES string of the molecule is C#CCn1c(=NC(=O)c2nc3ccccc3s2)sc2cc(S(C)(=O)=O)ccc21. The maximum atomic E-state index is 12.7.